The molecule has 0 saturated heterocycles. The highest BCUT2D eigenvalue weighted by molar-refractivity contribution is 7.99. The number of nitrogens with one attached hydrogen (secondary N) is 1. The normalized spacial score (nSPS) is 12.0. The Morgan fingerprint density at radius 2 is 2.00 bits per heavy atom. The number of rotatable bonds is 6. The average Bonchev–Trinajstić information content (AvgIpc) is 3.02. The molecule has 2 aromatic carbocycles. The highest BCUT2D eigenvalue weighted by atomic mass is 32.2. The van der Waals surface area contributed by atoms with E-state index in [0.29, 0.717) is 5.56 Å². The summed E-state index contributed by atoms with van der Waals surface area (Å²) in [4.78, 5) is 16.7. The molecule has 134 valence electrons. The number of thioether (sulfide) groups is 1. The molecule has 1 amide bonds. The monoisotopic (exact) mass is 367 g/mol. The molecule has 0 radical (unpaired) electrons. The van der Waals surface area contributed by atoms with Crippen molar-refractivity contribution in [1.29, 1.82) is 0 Å². The molecule has 0 aliphatic heterocycles. The molecule has 5 nitrogen and oxygen atoms in total. The number of imidazole rings is 1. The number of benzene rings is 2. The number of aliphatic hydroxyl groups is 1. The zero-order valence-electron chi connectivity index (χ0n) is 14.7. The van der Waals surface area contributed by atoms with Gasteiger partial charge in [-0.15, -0.1) is 0 Å². The number of hydrogen-bond donors (Lipinski definition) is 2. The molecule has 1 heterocycles. The number of aliphatic hydroxyl groups excluding tert-OH is 1. The van der Waals surface area contributed by atoms with Gasteiger partial charge in [0.2, 0.25) is 0 Å². The summed E-state index contributed by atoms with van der Waals surface area (Å²) in [6, 6.07) is 17.0. The lowest BCUT2D eigenvalue weighted by Crippen LogP contribution is -2.11. The first-order valence-corrected chi connectivity index (χ1v) is 9.21. The average molecular weight is 367 g/mol. The summed E-state index contributed by atoms with van der Waals surface area (Å²) in [5.74, 6) is -0.125. The molecule has 0 aliphatic rings. The van der Waals surface area contributed by atoms with Crippen molar-refractivity contribution in [3.8, 4) is 0 Å². The number of anilines is 1. The van der Waals surface area contributed by atoms with Gasteiger partial charge in [-0.25, -0.2) is 4.98 Å². The Kier molecular flexibility index (Phi) is 5.75. The lowest BCUT2D eigenvalue weighted by atomic mass is 10.1. The van der Waals surface area contributed by atoms with Crippen LogP contribution in [-0.4, -0.2) is 20.6 Å². The Hall–Kier alpha value is -2.57. The second-order valence-electron chi connectivity index (χ2n) is 5.95. The minimum Gasteiger partial charge on any atom is -0.390 e. The molecule has 0 aliphatic carbocycles. The maximum atomic E-state index is 12.3. The minimum absolute atomic E-state index is 0.0283. The van der Waals surface area contributed by atoms with Crippen molar-refractivity contribution in [3.05, 3.63) is 77.6 Å². The number of hydrogen-bond acceptors (Lipinski definition) is 4. The van der Waals surface area contributed by atoms with Crippen LogP contribution in [-0.2, 0) is 13.7 Å². The topological polar surface area (TPSA) is 67.2 Å². The first kappa shape index (κ1) is 18.2. The molecule has 3 aromatic rings. The van der Waals surface area contributed by atoms with E-state index < -0.39 is 0 Å². The molecule has 0 fully saturated rings. The van der Waals surface area contributed by atoms with Crippen LogP contribution in [0.3, 0.4) is 0 Å². The summed E-state index contributed by atoms with van der Waals surface area (Å²) in [5.41, 5.74) is 3.27. The molecule has 1 aromatic heterocycles. The van der Waals surface area contributed by atoms with Crippen molar-refractivity contribution in [2.45, 2.75) is 23.9 Å². The first-order valence-electron chi connectivity index (χ1n) is 8.33. The number of carbonyl (C=O) groups is 1. The molecule has 0 bridgehead atoms. The maximum absolute atomic E-state index is 12.3. The Bertz CT molecular complexity index is 893. The van der Waals surface area contributed by atoms with Crippen LogP contribution in [0.1, 0.15) is 33.8 Å². The van der Waals surface area contributed by atoms with E-state index in [1.54, 1.807) is 30.1 Å². The smallest absolute Gasteiger partial charge is 0.255 e. The lowest BCUT2D eigenvalue weighted by molar-refractivity contribution is 0.102. The number of carbonyl (C=O) groups excluding carboxylic acids is 1. The summed E-state index contributed by atoms with van der Waals surface area (Å²) >= 11 is 1.61. The van der Waals surface area contributed by atoms with Gasteiger partial charge in [0, 0.05) is 23.5 Å². The summed E-state index contributed by atoms with van der Waals surface area (Å²) in [6.07, 6.45) is 1.69. The molecule has 26 heavy (non-hydrogen) atoms. The molecular formula is C20H21N3O2S. The van der Waals surface area contributed by atoms with Gasteiger partial charge in [-0.2, -0.15) is 0 Å². The second kappa shape index (κ2) is 8.21. The van der Waals surface area contributed by atoms with E-state index in [2.05, 4.69) is 17.2 Å². The predicted octanol–water partition coefficient (Wildman–Crippen LogP) is 4.02. The van der Waals surface area contributed by atoms with E-state index in [9.17, 15) is 9.90 Å². The van der Waals surface area contributed by atoms with Gasteiger partial charge in [-0.3, -0.25) is 4.79 Å². The maximum Gasteiger partial charge on any atom is 0.255 e. The summed E-state index contributed by atoms with van der Waals surface area (Å²) in [5, 5.41) is 13.2. The Morgan fingerprint density at radius 3 is 2.69 bits per heavy atom. The lowest BCUT2D eigenvalue weighted by Gasteiger charge is -2.13. The van der Waals surface area contributed by atoms with Gasteiger partial charge in [-0.1, -0.05) is 42.1 Å². The van der Waals surface area contributed by atoms with Gasteiger partial charge >= 0.3 is 0 Å². The van der Waals surface area contributed by atoms with Crippen molar-refractivity contribution < 1.29 is 9.90 Å². The van der Waals surface area contributed by atoms with Crippen LogP contribution in [0.25, 0.3) is 0 Å². The second-order valence-corrected chi connectivity index (χ2v) is 7.26. The fourth-order valence-electron chi connectivity index (χ4n) is 2.57. The van der Waals surface area contributed by atoms with Gasteiger partial charge in [0.1, 0.15) is 0 Å². The summed E-state index contributed by atoms with van der Waals surface area (Å²) in [7, 11) is 1.89. The molecular weight excluding hydrogens is 346 g/mol. The van der Waals surface area contributed by atoms with Crippen LogP contribution in [0, 0.1) is 0 Å². The van der Waals surface area contributed by atoms with Crippen LogP contribution < -0.4 is 5.32 Å². The van der Waals surface area contributed by atoms with Crippen molar-refractivity contribution in [2.24, 2.45) is 7.05 Å². The van der Waals surface area contributed by atoms with Crippen molar-refractivity contribution >= 4 is 23.4 Å². The van der Waals surface area contributed by atoms with E-state index in [1.807, 2.05) is 54.1 Å². The molecule has 0 saturated carbocycles. The SMILES string of the molecule is CC(Sc1ncc(CO)n1C)c1cccc(NC(=O)c2ccccc2)c1. The quantitative estimate of drug-likeness (QED) is 0.646. The Labute approximate surface area is 157 Å². The van der Waals surface area contributed by atoms with Crippen molar-refractivity contribution in [3.63, 3.8) is 0 Å². The van der Waals surface area contributed by atoms with Crippen LogP contribution in [0.15, 0.2) is 66.0 Å². The Morgan fingerprint density at radius 1 is 1.23 bits per heavy atom. The van der Waals surface area contributed by atoms with Crippen LogP contribution >= 0.6 is 11.8 Å². The Balaban J connectivity index is 1.72. The van der Waals surface area contributed by atoms with E-state index in [1.165, 1.54) is 0 Å². The first-order chi connectivity index (χ1) is 12.6. The molecule has 1 atom stereocenters. The fraction of sp³-hybridized carbons (Fsp3) is 0.200. The zero-order chi connectivity index (χ0) is 18.5. The van der Waals surface area contributed by atoms with Crippen LogP contribution in [0.5, 0.6) is 0 Å². The molecule has 0 spiro atoms. The molecule has 1 unspecified atom stereocenters. The van der Waals surface area contributed by atoms with Crippen LogP contribution in [0.4, 0.5) is 5.69 Å². The largest absolute Gasteiger partial charge is 0.390 e. The fourth-order valence-corrected chi connectivity index (χ4v) is 3.56. The molecule has 6 heteroatoms. The highest BCUT2D eigenvalue weighted by Gasteiger charge is 2.14. The van der Waals surface area contributed by atoms with Gasteiger partial charge in [0.25, 0.3) is 5.91 Å². The van der Waals surface area contributed by atoms with Crippen LogP contribution in [0.2, 0.25) is 0 Å². The third-order valence-corrected chi connectivity index (χ3v) is 5.35. The van der Waals surface area contributed by atoms with Gasteiger partial charge in [0.15, 0.2) is 5.16 Å². The third-order valence-electron chi connectivity index (χ3n) is 4.14. The van der Waals surface area contributed by atoms with Crippen molar-refractivity contribution in [1.82, 2.24) is 9.55 Å². The highest BCUT2D eigenvalue weighted by Crippen LogP contribution is 2.35. The van der Waals surface area contributed by atoms with Gasteiger partial charge in [0.05, 0.1) is 18.5 Å². The number of aromatic nitrogens is 2. The number of nitrogens with zero attached hydrogens (tertiary/aromatic N) is 2. The van der Waals surface area contributed by atoms with Gasteiger partial charge < -0.3 is 15.0 Å². The van der Waals surface area contributed by atoms with Crippen molar-refractivity contribution in [2.75, 3.05) is 5.32 Å². The standard InChI is InChI=1S/C20H21N3O2S/c1-14(26-20-21-12-18(13-24)23(20)2)16-9-6-10-17(11-16)22-19(25)15-7-4-3-5-8-15/h3-12,14,24H,13H2,1-2H3,(H,22,25). The van der Waals surface area contributed by atoms with E-state index in [-0.39, 0.29) is 17.8 Å². The van der Waals surface area contributed by atoms with E-state index >= 15 is 0 Å². The summed E-state index contributed by atoms with van der Waals surface area (Å²) in [6.45, 7) is 2.07. The van der Waals surface area contributed by atoms with Gasteiger partial charge in [-0.05, 0) is 36.8 Å². The third kappa shape index (κ3) is 4.15. The molecule has 2 N–H and O–H groups in total. The predicted molar refractivity (Wildman–Crippen MR) is 104 cm³/mol. The summed E-state index contributed by atoms with van der Waals surface area (Å²) < 4.78 is 1.89. The van der Waals surface area contributed by atoms with E-state index in [4.69, 9.17) is 0 Å². The minimum atomic E-state index is -0.125. The number of amides is 1. The van der Waals surface area contributed by atoms with E-state index in [0.717, 1.165) is 22.1 Å². The zero-order valence-corrected chi connectivity index (χ0v) is 15.5. The molecule has 3 rings (SSSR count).